The van der Waals surface area contributed by atoms with E-state index in [2.05, 4.69) is 50.2 Å². The third kappa shape index (κ3) is 4.87. The van der Waals surface area contributed by atoms with Crippen molar-refractivity contribution in [3.63, 3.8) is 0 Å². The van der Waals surface area contributed by atoms with E-state index in [1.165, 1.54) is 16.7 Å². The SMILES string of the molecule is CC(C)c1ccc(CC(CN)Cc2ccc(Cl)cc2)cc1. The topological polar surface area (TPSA) is 26.0 Å². The minimum Gasteiger partial charge on any atom is -0.330 e. The molecular formula is C19H24ClN. The Kier molecular flexibility index (Phi) is 5.84. The van der Waals surface area contributed by atoms with Gasteiger partial charge in [-0.25, -0.2) is 0 Å². The lowest BCUT2D eigenvalue weighted by Crippen LogP contribution is -2.19. The van der Waals surface area contributed by atoms with Crippen LogP contribution in [0.4, 0.5) is 0 Å². The van der Waals surface area contributed by atoms with E-state index in [0.717, 1.165) is 17.9 Å². The number of hydrogen-bond donors (Lipinski definition) is 1. The Morgan fingerprint density at radius 1 is 0.857 bits per heavy atom. The van der Waals surface area contributed by atoms with E-state index in [0.29, 0.717) is 18.4 Å². The number of hydrogen-bond acceptors (Lipinski definition) is 1. The molecule has 0 aliphatic heterocycles. The summed E-state index contributed by atoms with van der Waals surface area (Å²) in [4.78, 5) is 0. The molecule has 1 atom stereocenters. The Balaban J connectivity index is 1.99. The first-order valence-electron chi connectivity index (χ1n) is 7.62. The Morgan fingerprint density at radius 2 is 1.33 bits per heavy atom. The van der Waals surface area contributed by atoms with E-state index in [9.17, 15) is 0 Å². The van der Waals surface area contributed by atoms with Crippen molar-refractivity contribution in [3.05, 3.63) is 70.2 Å². The summed E-state index contributed by atoms with van der Waals surface area (Å²) in [7, 11) is 0. The molecule has 2 aromatic carbocycles. The number of rotatable bonds is 6. The molecule has 0 bridgehead atoms. The van der Waals surface area contributed by atoms with Crippen LogP contribution >= 0.6 is 11.6 Å². The average molecular weight is 302 g/mol. The quantitative estimate of drug-likeness (QED) is 0.813. The van der Waals surface area contributed by atoms with Crippen LogP contribution < -0.4 is 5.73 Å². The van der Waals surface area contributed by atoms with Gasteiger partial charge in [0.1, 0.15) is 0 Å². The van der Waals surface area contributed by atoms with Gasteiger partial charge in [0.2, 0.25) is 0 Å². The Hall–Kier alpha value is -1.31. The van der Waals surface area contributed by atoms with Gasteiger partial charge in [0, 0.05) is 5.02 Å². The maximum absolute atomic E-state index is 5.95. The van der Waals surface area contributed by atoms with E-state index < -0.39 is 0 Å². The first-order valence-corrected chi connectivity index (χ1v) is 7.99. The zero-order valence-electron chi connectivity index (χ0n) is 12.9. The van der Waals surface area contributed by atoms with Gasteiger partial charge in [-0.1, -0.05) is 61.8 Å². The van der Waals surface area contributed by atoms with Gasteiger partial charge in [-0.05, 0) is 60.0 Å². The van der Waals surface area contributed by atoms with E-state index in [-0.39, 0.29) is 0 Å². The van der Waals surface area contributed by atoms with Gasteiger partial charge in [0.15, 0.2) is 0 Å². The lowest BCUT2D eigenvalue weighted by Gasteiger charge is -2.16. The van der Waals surface area contributed by atoms with Crippen molar-refractivity contribution >= 4 is 11.6 Å². The second-order valence-electron chi connectivity index (χ2n) is 6.03. The molecular weight excluding hydrogens is 278 g/mol. The molecule has 2 heteroatoms. The zero-order chi connectivity index (χ0) is 15.2. The van der Waals surface area contributed by atoms with Crippen LogP contribution in [-0.2, 0) is 12.8 Å². The van der Waals surface area contributed by atoms with Crippen molar-refractivity contribution in [3.8, 4) is 0 Å². The Bertz CT molecular complexity index is 543. The highest BCUT2D eigenvalue weighted by Crippen LogP contribution is 2.19. The molecule has 1 unspecified atom stereocenters. The van der Waals surface area contributed by atoms with Gasteiger partial charge >= 0.3 is 0 Å². The summed E-state index contributed by atoms with van der Waals surface area (Å²) in [6, 6.07) is 17.0. The fourth-order valence-electron chi connectivity index (χ4n) is 2.56. The highest BCUT2D eigenvalue weighted by Gasteiger charge is 2.09. The van der Waals surface area contributed by atoms with Gasteiger partial charge in [-0.15, -0.1) is 0 Å². The molecule has 112 valence electrons. The maximum Gasteiger partial charge on any atom is 0.0406 e. The fourth-order valence-corrected chi connectivity index (χ4v) is 2.69. The summed E-state index contributed by atoms with van der Waals surface area (Å²) in [5, 5.41) is 0.785. The molecule has 0 radical (unpaired) electrons. The summed E-state index contributed by atoms with van der Waals surface area (Å²) in [5.74, 6) is 1.05. The summed E-state index contributed by atoms with van der Waals surface area (Å²) in [5.41, 5.74) is 10.0. The van der Waals surface area contributed by atoms with Crippen molar-refractivity contribution in [1.82, 2.24) is 0 Å². The molecule has 2 aromatic rings. The molecule has 1 nitrogen and oxygen atoms in total. The van der Waals surface area contributed by atoms with Crippen molar-refractivity contribution in [2.24, 2.45) is 11.7 Å². The van der Waals surface area contributed by atoms with E-state index in [1.807, 2.05) is 12.1 Å². The predicted molar refractivity (Wildman–Crippen MR) is 91.9 cm³/mol. The second-order valence-corrected chi connectivity index (χ2v) is 6.47. The monoisotopic (exact) mass is 301 g/mol. The molecule has 0 aromatic heterocycles. The standard InChI is InChI=1S/C19H24ClN/c1-14(2)18-7-3-15(4-8-18)11-17(13-21)12-16-5-9-19(20)10-6-16/h3-10,14,17H,11-13,21H2,1-2H3. The zero-order valence-corrected chi connectivity index (χ0v) is 13.6. The molecule has 0 spiro atoms. The summed E-state index contributed by atoms with van der Waals surface area (Å²) < 4.78 is 0. The molecule has 21 heavy (non-hydrogen) atoms. The van der Waals surface area contributed by atoms with Crippen molar-refractivity contribution in [1.29, 1.82) is 0 Å². The minimum absolute atomic E-state index is 0.469. The molecule has 0 amide bonds. The lowest BCUT2D eigenvalue weighted by molar-refractivity contribution is 0.533. The number of nitrogens with two attached hydrogens (primary N) is 1. The largest absolute Gasteiger partial charge is 0.330 e. The number of halogens is 1. The van der Waals surface area contributed by atoms with Gasteiger partial charge in [0.05, 0.1) is 0 Å². The molecule has 0 aliphatic rings. The molecule has 0 aliphatic carbocycles. The summed E-state index contributed by atoms with van der Waals surface area (Å²) in [6.07, 6.45) is 2.02. The summed E-state index contributed by atoms with van der Waals surface area (Å²) >= 11 is 5.93. The lowest BCUT2D eigenvalue weighted by atomic mass is 9.91. The first-order chi connectivity index (χ1) is 10.1. The van der Waals surface area contributed by atoms with Crippen molar-refractivity contribution in [2.75, 3.05) is 6.54 Å². The average Bonchev–Trinajstić information content (AvgIpc) is 2.49. The second kappa shape index (κ2) is 7.63. The highest BCUT2D eigenvalue weighted by atomic mass is 35.5. The van der Waals surface area contributed by atoms with Crippen LogP contribution in [0.2, 0.25) is 5.02 Å². The number of benzene rings is 2. The van der Waals surface area contributed by atoms with E-state index >= 15 is 0 Å². The van der Waals surface area contributed by atoms with Crippen molar-refractivity contribution < 1.29 is 0 Å². The van der Waals surface area contributed by atoms with Gasteiger partial charge in [0.25, 0.3) is 0 Å². The third-order valence-electron chi connectivity index (χ3n) is 3.94. The van der Waals surface area contributed by atoms with Gasteiger partial charge in [-0.2, -0.15) is 0 Å². The predicted octanol–water partition coefficient (Wildman–Crippen LogP) is 4.82. The van der Waals surface area contributed by atoms with Crippen LogP contribution in [-0.4, -0.2) is 6.54 Å². The van der Waals surface area contributed by atoms with Crippen LogP contribution in [0.5, 0.6) is 0 Å². The van der Waals surface area contributed by atoms with Crippen LogP contribution in [0.25, 0.3) is 0 Å². The third-order valence-corrected chi connectivity index (χ3v) is 4.19. The molecule has 0 heterocycles. The van der Waals surface area contributed by atoms with Crippen LogP contribution in [0.3, 0.4) is 0 Å². The smallest absolute Gasteiger partial charge is 0.0406 e. The highest BCUT2D eigenvalue weighted by molar-refractivity contribution is 6.30. The van der Waals surface area contributed by atoms with Crippen LogP contribution in [0.15, 0.2) is 48.5 Å². The molecule has 0 saturated carbocycles. The fraction of sp³-hybridized carbons (Fsp3) is 0.368. The van der Waals surface area contributed by atoms with Crippen LogP contribution in [0.1, 0.15) is 36.5 Å². The van der Waals surface area contributed by atoms with E-state index in [1.54, 1.807) is 0 Å². The van der Waals surface area contributed by atoms with Crippen LogP contribution in [0, 0.1) is 5.92 Å². The molecule has 2 N–H and O–H groups in total. The summed E-state index contributed by atoms with van der Waals surface area (Å²) in [6.45, 7) is 5.14. The van der Waals surface area contributed by atoms with Gasteiger partial charge in [-0.3, -0.25) is 0 Å². The van der Waals surface area contributed by atoms with Gasteiger partial charge < -0.3 is 5.73 Å². The normalized spacial score (nSPS) is 12.6. The molecule has 0 fully saturated rings. The first kappa shape index (κ1) is 16.1. The maximum atomic E-state index is 5.95. The minimum atomic E-state index is 0.469. The molecule has 2 rings (SSSR count). The Morgan fingerprint density at radius 3 is 1.76 bits per heavy atom. The van der Waals surface area contributed by atoms with Crippen molar-refractivity contribution in [2.45, 2.75) is 32.6 Å². The molecule has 0 saturated heterocycles. The Labute approximate surface area is 133 Å². The van der Waals surface area contributed by atoms with E-state index in [4.69, 9.17) is 17.3 Å².